The lowest BCUT2D eigenvalue weighted by molar-refractivity contribution is 0.968. The minimum Gasteiger partial charge on any atom is -0.366 e. The molecule has 0 atom stereocenters. The molecule has 0 saturated heterocycles. The smallest absolute Gasteiger partial charge is 0.240 e. The number of hydrogen-bond donors (Lipinski definition) is 1. The Balaban J connectivity index is 2.83. The Morgan fingerprint density at radius 2 is 2.08 bits per heavy atom. The zero-order valence-corrected chi connectivity index (χ0v) is 7.34. The molecule has 0 aliphatic heterocycles. The molecule has 4 nitrogen and oxygen atoms in total. The first kappa shape index (κ1) is 7.64. The van der Waals surface area contributed by atoms with Crippen LogP contribution in [0.4, 0.5) is 5.95 Å². The van der Waals surface area contributed by atoms with Gasteiger partial charge in [-0.05, 0) is 0 Å². The van der Waals surface area contributed by atoms with Crippen molar-refractivity contribution in [1.29, 1.82) is 0 Å². The fourth-order valence-corrected chi connectivity index (χ4v) is 1.19. The highest BCUT2D eigenvalue weighted by atomic mass is 35.5. The van der Waals surface area contributed by atoms with E-state index < -0.39 is 0 Å². The topological polar surface area (TPSA) is 56.2 Å². The average Bonchev–Trinajstić information content (AvgIpc) is 2.30. The summed E-state index contributed by atoms with van der Waals surface area (Å²) in [6.45, 7) is 0. The van der Waals surface area contributed by atoms with E-state index in [4.69, 9.17) is 28.9 Å². The summed E-state index contributed by atoms with van der Waals surface area (Å²) in [4.78, 5) is 3.90. The van der Waals surface area contributed by atoms with Gasteiger partial charge >= 0.3 is 0 Å². The van der Waals surface area contributed by atoms with E-state index in [-0.39, 0.29) is 5.95 Å². The van der Waals surface area contributed by atoms with Crippen LogP contribution >= 0.6 is 23.2 Å². The van der Waals surface area contributed by atoms with Crippen LogP contribution in [0.5, 0.6) is 0 Å². The highest BCUT2D eigenvalue weighted by molar-refractivity contribution is 6.42. The summed E-state index contributed by atoms with van der Waals surface area (Å²) in [7, 11) is 0. The van der Waals surface area contributed by atoms with E-state index in [2.05, 4.69) is 10.1 Å². The molecule has 0 bridgehead atoms. The number of aromatic nitrogens is 3. The molecule has 0 aliphatic carbocycles. The third-order valence-electron chi connectivity index (χ3n) is 1.39. The van der Waals surface area contributed by atoms with Gasteiger partial charge in [0.1, 0.15) is 0 Å². The molecule has 12 heavy (non-hydrogen) atoms. The maximum absolute atomic E-state index is 5.74. The predicted octanol–water partition coefficient (Wildman–Crippen LogP) is 1.62. The molecular weight excluding hydrogens is 199 g/mol. The third kappa shape index (κ3) is 1.09. The molecule has 0 radical (unpaired) electrons. The molecule has 6 heteroatoms. The summed E-state index contributed by atoms with van der Waals surface area (Å²) >= 11 is 11.5. The molecule has 0 amide bonds. The zero-order valence-electron chi connectivity index (χ0n) is 5.83. The Bertz CT molecular complexity index is 397. The molecule has 0 fully saturated rings. The van der Waals surface area contributed by atoms with Crippen molar-refractivity contribution in [2.75, 3.05) is 5.73 Å². The van der Waals surface area contributed by atoms with Crippen LogP contribution in [-0.4, -0.2) is 14.6 Å². The van der Waals surface area contributed by atoms with Gasteiger partial charge in [0.25, 0.3) is 0 Å². The van der Waals surface area contributed by atoms with Gasteiger partial charge in [-0.2, -0.15) is 4.98 Å². The molecular formula is C6H4Cl2N4. The molecule has 0 unspecified atom stereocenters. The maximum Gasteiger partial charge on any atom is 0.240 e. The van der Waals surface area contributed by atoms with Gasteiger partial charge in [0.05, 0.1) is 16.2 Å². The lowest BCUT2D eigenvalue weighted by Gasteiger charge is -1.94. The van der Waals surface area contributed by atoms with Crippen molar-refractivity contribution in [1.82, 2.24) is 14.6 Å². The van der Waals surface area contributed by atoms with E-state index in [1.165, 1.54) is 4.52 Å². The number of nitrogen functional groups attached to an aromatic ring is 1. The standard InChI is InChI=1S/C6H4Cl2N4/c7-3-1-5-10-6(9)11-12(5)2-4(3)8/h1-2H,(H2,9,11). The summed E-state index contributed by atoms with van der Waals surface area (Å²) in [5.41, 5.74) is 5.95. The Kier molecular flexibility index (Phi) is 1.59. The Labute approximate surface area is 77.9 Å². The van der Waals surface area contributed by atoms with Gasteiger partial charge < -0.3 is 5.73 Å². The van der Waals surface area contributed by atoms with Crippen molar-refractivity contribution < 1.29 is 0 Å². The van der Waals surface area contributed by atoms with Crippen LogP contribution in [0.1, 0.15) is 0 Å². The number of nitrogens with zero attached hydrogens (tertiary/aromatic N) is 3. The minimum absolute atomic E-state index is 0.202. The Morgan fingerprint density at radius 1 is 1.33 bits per heavy atom. The van der Waals surface area contributed by atoms with Gasteiger partial charge in [-0.3, -0.25) is 0 Å². The number of halogens is 2. The summed E-state index contributed by atoms with van der Waals surface area (Å²) in [6, 6.07) is 1.60. The van der Waals surface area contributed by atoms with Crippen molar-refractivity contribution in [2.45, 2.75) is 0 Å². The second-order valence-corrected chi connectivity index (χ2v) is 3.06. The van der Waals surface area contributed by atoms with Crippen LogP contribution in [0.3, 0.4) is 0 Å². The molecule has 2 aromatic heterocycles. The minimum atomic E-state index is 0.202. The van der Waals surface area contributed by atoms with E-state index in [0.29, 0.717) is 15.7 Å². The first-order chi connectivity index (χ1) is 5.66. The average molecular weight is 203 g/mol. The lowest BCUT2D eigenvalue weighted by atomic mass is 10.5. The number of fused-ring (bicyclic) bond motifs is 1. The number of pyridine rings is 1. The van der Waals surface area contributed by atoms with E-state index in [1.807, 2.05) is 0 Å². The van der Waals surface area contributed by atoms with E-state index in [0.717, 1.165) is 0 Å². The zero-order chi connectivity index (χ0) is 8.72. The fraction of sp³-hybridized carbons (Fsp3) is 0. The first-order valence-corrected chi connectivity index (χ1v) is 3.89. The second-order valence-electron chi connectivity index (χ2n) is 2.24. The first-order valence-electron chi connectivity index (χ1n) is 3.14. The summed E-state index contributed by atoms with van der Waals surface area (Å²) in [5.74, 6) is 0.202. The molecule has 0 aliphatic rings. The van der Waals surface area contributed by atoms with Crippen molar-refractivity contribution in [3.05, 3.63) is 22.3 Å². The Hall–Kier alpha value is -1.00. The SMILES string of the molecule is Nc1nc2cc(Cl)c(Cl)cn2n1. The molecule has 2 aromatic rings. The highest BCUT2D eigenvalue weighted by Gasteiger charge is 2.03. The van der Waals surface area contributed by atoms with Crippen LogP contribution in [0, 0.1) is 0 Å². The monoisotopic (exact) mass is 202 g/mol. The fourth-order valence-electron chi connectivity index (χ4n) is 0.897. The van der Waals surface area contributed by atoms with Crippen molar-refractivity contribution in [3.8, 4) is 0 Å². The van der Waals surface area contributed by atoms with Crippen molar-refractivity contribution in [3.63, 3.8) is 0 Å². The highest BCUT2D eigenvalue weighted by Crippen LogP contribution is 2.22. The van der Waals surface area contributed by atoms with Gasteiger partial charge in [0.2, 0.25) is 5.95 Å². The van der Waals surface area contributed by atoms with Gasteiger partial charge in [0, 0.05) is 6.07 Å². The van der Waals surface area contributed by atoms with Crippen LogP contribution < -0.4 is 5.73 Å². The van der Waals surface area contributed by atoms with Crippen LogP contribution in [-0.2, 0) is 0 Å². The predicted molar refractivity (Wildman–Crippen MR) is 47.4 cm³/mol. The largest absolute Gasteiger partial charge is 0.366 e. The van der Waals surface area contributed by atoms with Gasteiger partial charge in [-0.15, -0.1) is 5.10 Å². The van der Waals surface area contributed by atoms with Gasteiger partial charge in [-0.25, -0.2) is 4.52 Å². The number of nitrogens with two attached hydrogens (primary N) is 1. The van der Waals surface area contributed by atoms with E-state index in [9.17, 15) is 0 Å². The van der Waals surface area contributed by atoms with Crippen molar-refractivity contribution >= 4 is 34.8 Å². The molecule has 62 valence electrons. The lowest BCUT2D eigenvalue weighted by Crippen LogP contribution is -1.88. The second kappa shape index (κ2) is 2.50. The van der Waals surface area contributed by atoms with Gasteiger partial charge in [0.15, 0.2) is 5.65 Å². The molecule has 2 heterocycles. The normalized spacial score (nSPS) is 10.8. The van der Waals surface area contributed by atoms with Crippen LogP contribution in [0.15, 0.2) is 12.3 Å². The summed E-state index contributed by atoms with van der Waals surface area (Å²) < 4.78 is 1.48. The number of rotatable bonds is 0. The molecule has 2 N–H and O–H groups in total. The molecule has 0 aromatic carbocycles. The quantitative estimate of drug-likeness (QED) is 0.707. The number of anilines is 1. The molecule has 0 saturated carbocycles. The number of hydrogen-bond acceptors (Lipinski definition) is 3. The third-order valence-corrected chi connectivity index (χ3v) is 2.10. The molecule has 0 spiro atoms. The maximum atomic E-state index is 5.74. The van der Waals surface area contributed by atoms with Crippen molar-refractivity contribution in [2.24, 2.45) is 0 Å². The van der Waals surface area contributed by atoms with E-state index in [1.54, 1.807) is 12.3 Å². The summed E-state index contributed by atoms with van der Waals surface area (Å²) in [5, 5.41) is 4.72. The molecule has 2 rings (SSSR count). The van der Waals surface area contributed by atoms with Crippen LogP contribution in [0.2, 0.25) is 10.0 Å². The van der Waals surface area contributed by atoms with Crippen LogP contribution in [0.25, 0.3) is 5.65 Å². The van der Waals surface area contributed by atoms with Gasteiger partial charge in [-0.1, -0.05) is 23.2 Å². The summed E-state index contributed by atoms with van der Waals surface area (Å²) in [6.07, 6.45) is 1.56. The van der Waals surface area contributed by atoms with E-state index >= 15 is 0 Å². The Morgan fingerprint density at radius 3 is 2.83 bits per heavy atom.